The van der Waals surface area contributed by atoms with Gasteiger partial charge in [0.15, 0.2) is 0 Å². The number of nitrogens with zero attached hydrogens (tertiary/aromatic N) is 1. The van der Waals surface area contributed by atoms with Gasteiger partial charge in [-0.3, -0.25) is 4.79 Å². The molecule has 4 N–H and O–H groups in total. The van der Waals surface area contributed by atoms with Crippen molar-refractivity contribution in [3.05, 3.63) is 36.0 Å². The molecule has 0 aromatic heterocycles. The zero-order valence-corrected chi connectivity index (χ0v) is 12.2. The smallest absolute Gasteiger partial charge is 0.326 e. The van der Waals surface area contributed by atoms with Crippen molar-refractivity contribution in [2.24, 2.45) is 5.92 Å². The van der Waals surface area contributed by atoms with Crippen LogP contribution in [0.15, 0.2) is 36.0 Å². The molecule has 0 aliphatic heterocycles. The van der Waals surface area contributed by atoms with Crippen LogP contribution in [0.1, 0.15) is 13.8 Å². The molecule has 0 heterocycles. The second kappa shape index (κ2) is 7.69. The van der Waals surface area contributed by atoms with Gasteiger partial charge in [-0.2, -0.15) is 5.26 Å². The Bertz CT molecular complexity index is 615. The molecule has 1 rings (SSSR count). The predicted molar refractivity (Wildman–Crippen MR) is 79.8 cm³/mol. The van der Waals surface area contributed by atoms with Crippen LogP contribution in [0, 0.1) is 17.2 Å². The Morgan fingerprint density at radius 2 is 1.86 bits per heavy atom. The van der Waals surface area contributed by atoms with Gasteiger partial charge in [-0.05, 0) is 30.2 Å². The van der Waals surface area contributed by atoms with Gasteiger partial charge in [0.1, 0.15) is 23.4 Å². The van der Waals surface area contributed by atoms with E-state index >= 15 is 0 Å². The average molecular weight is 303 g/mol. The Labute approximate surface area is 127 Å². The van der Waals surface area contributed by atoms with Crippen LogP contribution in [0.25, 0.3) is 0 Å². The quantitative estimate of drug-likeness (QED) is 0.358. The van der Waals surface area contributed by atoms with Gasteiger partial charge < -0.3 is 20.8 Å². The molecule has 0 fully saturated rings. The molecule has 0 saturated carbocycles. The van der Waals surface area contributed by atoms with Crippen molar-refractivity contribution in [3.63, 3.8) is 0 Å². The maximum atomic E-state index is 11.9. The van der Waals surface area contributed by atoms with Gasteiger partial charge in [0, 0.05) is 11.9 Å². The van der Waals surface area contributed by atoms with Crippen LogP contribution in [0.2, 0.25) is 0 Å². The number of nitrogens with one attached hydrogen (secondary N) is 2. The van der Waals surface area contributed by atoms with Crippen LogP contribution in [0.4, 0.5) is 5.69 Å². The van der Waals surface area contributed by atoms with E-state index in [1.54, 1.807) is 19.9 Å². The fourth-order valence-electron chi connectivity index (χ4n) is 1.61. The number of aliphatic carboxylic acids is 1. The number of carboxylic acids is 1. The van der Waals surface area contributed by atoms with Crippen molar-refractivity contribution in [2.45, 2.75) is 19.9 Å². The number of benzene rings is 1. The van der Waals surface area contributed by atoms with E-state index in [1.165, 1.54) is 24.3 Å². The summed E-state index contributed by atoms with van der Waals surface area (Å²) in [7, 11) is 0. The summed E-state index contributed by atoms with van der Waals surface area (Å²) < 4.78 is 0. The summed E-state index contributed by atoms with van der Waals surface area (Å²) in [5.74, 6) is -1.90. The first-order valence-electron chi connectivity index (χ1n) is 6.54. The molecule has 1 unspecified atom stereocenters. The van der Waals surface area contributed by atoms with Crippen molar-refractivity contribution >= 4 is 17.6 Å². The number of carbonyl (C=O) groups is 2. The summed E-state index contributed by atoms with van der Waals surface area (Å²) in [5.41, 5.74) is 0.155. The van der Waals surface area contributed by atoms with Gasteiger partial charge in [0.2, 0.25) is 0 Å². The molecule has 22 heavy (non-hydrogen) atoms. The highest BCUT2D eigenvalue weighted by atomic mass is 16.4. The largest absolute Gasteiger partial charge is 0.508 e. The molecule has 0 aliphatic rings. The SMILES string of the molecule is CC(C)C(N/C=C(/C#N)C(=O)Nc1ccc(O)cc1)C(=O)O. The van der Waals surface area contributed by atoms with Gasteiger partial charge >= 0.3 is 5.97 Å². The number of aromatic hydroxyl groups is 1. The number of carbonyl (C=O) groups excluding carboxylic acids is 1. The van der Waals surface area contributed by atoms with Crippen LogP contribution in [-0.2, 0) is 9.59 Å². The third kappa shape index (κ3) is 4.83. The third-order valence-electron chi connectivity index (χ3n) is 2.83. The summed E-state index contributed by atoms with van der Waals surface area (Å²) in [5, 5.41) is 32.2. The highest BCUT2D eigenvalue weighted by Crippen LogP contribution is 2.14. The van der Waals surface area contributed by atoms with Crippen molar-refractivity contribution in [3.8, 4) is 11.8 Å². The van der Waals surface area contributed by atoms with E-state index < -0.39 is 17.9 Å². The highest BCUT2D eigenvalue weighted by Gasteiger charge is 2.20. The normalized spacial score (nSPS) is 12.4. The lowest BCUT2D eigenvalue weighted by Gasteiger charge is -2.16. The number of nitriles is 1. The van der Waals surface area contributed by atoms with Crippen molar-refractivity contribution in [1.29, 1.82) is 5.26 Å². The summed E-state index contributed by atoms with van der Waals surface area (Å²) >= 11 is 0. The van der Waals surface area contributed by atoms with Gasteiger partial charge in [-0.25, -0.2) is 4.79 Å². The van der Waals surface area contributed by atoms with Crippen LogP contribution in [-0.4, -0.2) is 28.1 Å². The number of amides is 1. The Morgan fingerprint density at radius 3 is 2.32 bits per heavy atom. The molecule has 7 heteroatoms. The number of carboxylic acid groups (broad SMARTS) is 1. The molecular weight excluding hydrogens is 286 g/mol. The van der Waals surface area contributed by atoms with E-state index in [2.05, 4.69) is 10.6 Å². The van der Waals surface area contributed by atoms with Gasteiger partial charge in [-0.15, -0.1) is 0 Å². The average Bonchev–Trinajstić information content (AvgIpc) is 2.45. The van der Waals surface area contributed by atoms with E-state index in [1.807, 2.05) is 0 Å². The molecule has 116 valence electrons. The lowest BCUT2D eigenvalue weighted by Crippen LogP contribution is -2.38. The Kier molecular flexibility index (Phi) is 5.96. The maximum absolute atomic E-state index is 11.9. The number of hydrogen-bond acceptors (Lipinski definition) is 5. The number of rotatable bonds is 6. The molecule has 0 radical (unpaired) electrons. The molecule has 1 aromatic rings. The summed E-state index contributed by atoms with van der Waals surface area (Å²) in [6, 6.07) is 6.55. The number of anilines is 1. The van der Waals surface area contributed by atoms with Gasteiger partial charge in [0.25, 0.3) is 5.91 Å². The Balaban J connectivity index is 2.80. The molecule has 7 nitrogen and oxygen atoms in total. The van der Waals surface area contributed by atoms with Gasteiger partial charge in [-0.1, -0.05) is 13.8 Å². The van der Waals surface area contributed by atoms with E-state index in [0.717, 1.165) is 6.20 Å². The number of phenols is 1. The molecule has 1 amide bonds. The zero-order valence-electron chi connectivity index (χ0n) is 12.2. The molecule has 1 aromatic carbocycles. The standard InChI is InChI=1S/C15H17N3O4/c1-9(2)13(15(21)22)17-8-10(7-16)14(20)18-11-3-5-12(19)6-4-11/h3-6,8-9,13,17,19H,1-2H3,(H,18,20)(H,21,22)/b10-8-. The molecule has 0 aliphatic carbocycles. The second-order valence-corrected chi connectivity index (χ2v) is 4.90. The monoisotopic (exact) mass is 303 g/mol. The summed E-state index contributed by atoms with van der Waals surface area (Å²) in [6.07, 6.45) is 1.09. The lowest BCUT2D eigenvalue weighted by molar-refractivity contribution is -0.140. The fraction of sp³-hybridized carbons (Fsp3) is 0.267. The topological polar surface area (TPSA) is 122 Å². The van der Waals surface area contributed by atoms with E-state index in [-0.39, 0.29) is 17.2 Å². The molecule has 1 atom stereocenters. The third-order valence-corrected chi connectivity index (χ3v) is 2.83. The first kappa shape index (κ1) is 17.0. The zero-order chi connectivity index (χ0) is 16.7. The van der Waals surface area contributed by atoms with E-state index in [4.69, 9.17) is 15.5 Å². The van der Waals surface area contributed by atoms with E-state index in [0.29, 0.717) is 5.69 Å². The molecule has 0 saturated heterocycles. The lowest BCUT2D eigenvalue weighted by atomic mass is 10.1. The summed E-state index contributed by atoms with van der Waals surface area (Å²) in [4.78, 5) is 23.0. The first-order chi connectivity index (χ1) is 10.3. The molecular formula is C15H17N3O4. The minimum absolute atomic E-state index is 0.0527. The molecule has 0 spiro atoms. The fourth-order valence-corrected chi connectivity index (χ4v) is 1.61. The summed E-state index contributed by atoms with van der Waals surface area (Å²) in [6.45, 7) is 3.42. The minimum atomic E-state index is -1.07. The van der Waals surface area contributed by atoms with Crippen molar-refractivity contribution in [1.82, 2.24) is 5.32 Å². The highest BCUT2D eigenvalue weighted by molar-refractivity contribution is 6.06. The maximum Gasteiger partial charge on any atom is 0.326 e. The van der Waals surface area contributed by atoms with Crippen LogP contribution in [0.5, 0.6) is 5.75 Å². The van der Waals surface area contributed by atoms with Crippen molar-refractivity contribution in [2.75, 3.05) is 5.32 Å². The Hall–Kier alpha value is -3.01. The Morgan fingerprint density at radius 1 is 1.27 bits per heavy atom. The molecule has 0 bridgehead atoms. The van der Waals surface area contributed by atoms with Crippen LogP contribution in [0.3, 0.4) is 0 Å². The second-order valence-electron chi connectivity index (χ2n) is 4.90. The van der Waals surface area contributed by atoms with Crippen molar-refractivity contribution < 1.29 is 19.8 Å². The predicted octanol–water partition coefficient (Wildman–Crippen LogP) is 1.44. The van der Waals surface area contributed by atoms with E-state index in [9.17, 15) is 9.59 Å². The number of phenolic OH excluding ortho intramolecular Hbond substituents is 1. The van der Waals surface area contributed by atoms with Crippen LogP contribution >= 0.6 is 0 Å². The van der Waals surface area contributed by atoms with Crippen LogP contribution < -0.4 is 10.6 Å². The number of hydrogen-bond donors (Lipinski definition) is 4. The first-order valence-corrected chi connectivity index (χ1v) is 6.54. The van der Waals surface area contributed by atoms with Gasteiger partial charge in [0.05, 0.1) is 0 Å². The minimum Gasteiger partial charge on any atom is -0.508 e.